The van der Waals surface area contributed by atoms with Crippen molar-refractivity contribution in [2.75, 3.05) is 14.2 Å². The summed E-state index contributed by atoms with van der Waals surface area (Å²) in [6, 6.07) is 2.44. The highest BCUT2D eigenvalue weighted by molar-refractivity contribution is 5.90. The van der Waals surface area contributed by atoms with Gasteiger partial charge >= 0.3 is 11.9 Å². The molecule has 32 heavy (non-hydrogen) atoms. The van der Waals surface area contributed by atoms with Crippen LogP contribution in [0.25, 0.3) is 0 Å². The second-order valence-electron chi connectivity index (χ2n) is 6.34. The molecular formula is C21H22F4N2O5. The third-order valence-electron chi connectivity index (χ3n) is 4.26. The van der Waals surface area contributed by atoms with Crippen LogP contribution in [0.1, 0.15) is 44.3 Å². The number of carbonyl (C=O) groups excluding carboxylic acids is 3. The molecule has 0 heterocycles. The summed E-state index contributed by atoms with van der Waals surface area (Å²) in [6.07, 6.45) is 0. The van der Waals surface area contributed by atoms with Gasteiger partial charge in [-0.1, -0.05) is 0 Å². The molecule has 174 valence electrons. The Labute approximate surface area is 181 Å². The van der Waals surface area contributed by atoms with Crippen LogP contribution in [0.15, 0.2) is 18.2 Å². The Morgan fingerprint density at radius 1 is 0.906 bits per heavy atom. The standard InChI is InChI=1S/C12H13F2NO3.C9H9F2NO2/c1-6-9(5-15-7(2)16)10(13)4-8(11(6)14)12(17)18-3;1-14-9(13)6-3-7(10)5(4-12)2-8(6)11/h4H,5H2,1-3H3,(H,15,16);2-3H,4,12H2,1H3. The van der Waals surface area contributed by atoms with Crippen molar-refractivity contribution in [1.82, 2.24) is 5.32 Å². The predicted molar refractivity (Wildman–Crippen MR) is 106 cm³/mol. The Bertz CT molecular complexity index is 1030. The van der Waals surface area contributed by atoms with Crippen LogP contribution in [0, 0.1) is 30.2 Å². The van der Waals surface area contributed by atoms with Crippen molar-refractivity contribution < 1.29 is 41.4 Å². The number of nitrogens with two attached hydrogens (primary N) is 1. The number of methoxy groups -OCH3 is 2. The van der Waals surface area contributed by atoms with E-state index in [4.69, 9.17) is 5.73 Å². The Morgan fingerprint density at radius 2 is 1.44 bits per heavy atom. The number of carbonyl (C=O) groups is 3. The molecule has 11 heteroatoms. The van der Waals surface area contributed by atoms with Crippen molar-refractivity contribution in [3.05, 3.63) is 69.3 Å². The van der Waals surface area contributed by atoms with Gasteiger partial charge in [-0.15, -0.1) is 0 Å². The SMILES string of the molecule is COC(=O)c1cc(F)c(CN)cc1F.COC(=O)c1cc(F)c(CNC(C)=O)c(C)c1F. The summed E-state index contributed by atoms with van der Waals surface area (Å²) in [7, 11) is 2.18. The first kappa shape index (κ1) is 26.6. The zero-order valence-electron chi connectivity index (χ0n) is 17.8. The fraction of sp³-hybridized carbons (Fsp3) is 0.286. The average Bonchev–Trinajstić information content (AvgIpc) is 2.76. The Hall–Kier alpha value is -3.47. The molecule has 2 aromatic rings. The molecule has 2 rings (SSSR count). The van der Waals surface area contributed by atoms with Gasteiger partial charge in [-0.05, 0) is 30.7 Å². The topological polar surface area (TPSA) is 108 Å². The van der Waals surface area contributed by atoms with Gasteiger partial charge in [0.05, 0.1) is 25.3 Å². The Morgan fingerprint density at radius 3 is 1.94 bits per heavy atom. The highest BCUT2D eigenvalue weighted by atomic mass is 19.1. The van der Waals surface area contributed by atoms with Crippen molar-refractivity contribution in [3.63, 3.8) is 0 Å². The van der Waals surface area contributed by atoms with Crippen molar-refractivity contribution in [3.8, 4) is 0 Å². The molecule has 0 atom stereocenters. The molecule has 0 aliphatic heterocycles. The molecule has 0 aromatic heterocycles. The maximum Gasteiger partial charge on any atom is 0.340 e. The molecule has 7 nitrogen and oxygen atoms in total. The van der Waals surface area contributed by atoms with E-state index in [1.54, 1.807) is 0 Å². The summed E-state index contributed by atoms with van der Waals surface area (Å²) >= 11 is 0. The lowest BCUT2D eigenvalue weighted by Gasteiger charge is -2.11. The van der Waals surface area contributed by atoms with E-state index in [9.17, 15) is 31.9 Å². The number of halogens is 4. The number of nitrogens with one attached hydrogen (secondary N) is 1. The molecule has 3 N–H and O–H groups in total. The minimum atomic E-state index is -0.944. The predicted octanol–water partition coefficient (Wildman–Crippen LogP) is 2.91. The third kappa shape index (κ3) is 6.51. The van der Waals surface area contributed by atoms with Crippen LogP contribution < -0.4 is 11.1 Å². The molecule has 0 unspecified atom stereocenters. The van der Waals surface area contributed by atoms with Gasteiger partial charge in [0.15, 0.2) is 0 Å². The van der Waals surface area contributed by atoms with Crippen LogP contribution in [0.4, 0.5) is 17.6 Å². The molecule has 0 saturated heterocycles. The van der Waals surface area contributed by atoms with Crippen LogP contribution in [0.5, 0.6) is 0 Å². The second kappa shape index (κ2) is 11.8. The van der Waals surface area contributed by atoms with Gasteiger partial charge in [-0.3, -0.25) is 4.79 Å². The normalized spacial score (nSPS) is 10.0. The van der Waals surface area contributed by atoms with Gasteiger partial charge < -0.3 is 20.5 Å². The largest absolute Gasteiger partial charge is 0.465 e. The van der Waals surface area contributed by atoms with Gasteiger partial charge in [-0.25, -0.2) is 27.2 Å². The lowest BCUT2D eigenvalue weighted by Crippen LogP contribution is -2.21. The summed E-state index contributed by atoms with van der Waals surface area (Å²) in [5.41, 5.74) is 4.28. The average molecular weight is 458 g/mol. The Balaban J connectivity index is 0.000000330. The fourth-order valence-corrected chi connectivity index (χ4v) is 2.49. The van der Waals surface area contributed by atoms with Gasteiger partial charge in [-0.2, -0.15) is 0 Å². The fourth-order valence-electron chi connectivity index (χ4n) is 2.49. The molecule has 0 radical (unpaired) electrons. The molecule has 2 aromatic carbocycles. The van der Waals surface area contributed by atoms with Crippen LogP contribution >= 0.6 is 0 Å². The van der Waals surface area contributed by atoms with E-state index in [1.165, 1.54) is 13.8 Å². The summed E-state index contributed by atoms with van der Waals surface area (Å²) in [6.45, 7) is 2.35. The number of hydrogen-bond donors (Lipinski definition) is 2. The smallest absolute Gasteiger partial charge is 0.340 e. The maximum atomic E-state index is 13.8. The molecule has 0 aliphatic rings. The molecule has 0 bridgehead atoms. The Kier molecular flexibility index (Phi) is 9.79. The molecular weight excluding hydrogens is 436 g/mol. The van der Waals surface area contributed by atoms with Crippen molar-refractivity contribution >= 4 is 17.8 Å². The molecule has 0 fully saturated rings. The summed E-state index contributed by atoms with van der Waals surface area (Å²) in [5.74, 6) is -5.36. The van der Waals surface area contributed by atoms with Crippen LogP contribution in [0.3, 0.4) is 0 Å². The van der Waals surface area contributed by atoms with Crippen molar-refractivity contribution in [2.24, 2.45) is 5.73 Å². The van der Waals surface area contributed by atoms with E-state index in [-0.39, 0.29) is 35.7 Å². The lowest BCUT2D eigenvalue weighted by atomic mass is 10.0. The minimum Gasteiger partial charge on any atom is -0.465 e. The first-order valence-corrected chi connectivity index (χ1v) is 9.04. The number of hydrogen-bond acceptors (Lipinski definition) is 6. The van der Waals surface area contributed by atoms with E-state index in [1.807, 2.05) is 0 Å². The maximum absolute atomic E-state index is 13.8. The minimum absolute atomic E-state index is 0.00959. The quantitative estimate of drug-likeness (QED) is 0.527. The van der Waals surface area contributed by atoms with E-state index in [0.717, 1.165) is 32.4 Å². The van der Waals surface area contributed by atoms with E-state index in [2.05, 4.69) is 14.8 Å². The first-order valence-electron chi connectivity index (χ1n) is 9.04. The summed E-state index contributed by atoms with van der Waals surface area (Å²) in [5, 5.41) is 2.37. The third-order valence-corrected chi connectivity index (χ3v) is 4.26. The number of esters is 2. The molecule has 1 amide bonds. The summed E-state index contributed by atoms with van der Waals surface area (Å²) < 4.78 is 62.4. The highest BCUT2D eigenvalue weighted by Crippen LogP contribution is 2.21. The molecule has 0 spiro atoms. The second-order valence-corrected chi connectivity index (χ2v) is 6.34. The zero-order valence-corrected chi connectivity index (χ0v) is 17.8. The van der Waals surface area contributed by atoms with Gasteiger partial charge in [0, 0.05) is 31.1 Å². The number of benzene rings is 2. The monoisotopic (exact) mass is 458 g/mol. The van der Waals surface area contributed by atoms with Crippen LogP contribution in [0.2, 0.25) is 0 Å². The number of rotatable bonds is 5. The van der Waals surface area contributed by atoms with Crippen molar-refractivity contribution in [2.45, 2.75) is 26.9 Å². The van der Waals surface area contributed by atoms with E-state index < -0.39 is 46.3 Å². The summed E-state index contributed by atoms with van der Waals surface area (Å²) in [4.78, 5) is 32.9. The van der Waals surface area contributed by atoms with Crippen molar-refractivity contribution in [1.29, 1.82) is 0 Å². The van der Waals surface area contributed by atoms with Gasteiger partial charge in [0.2, 0.25) is 5.91 Å². The van der Waals surface area contributed by atoms with Crippen LogP contribution in [-0.2, 0) is 27.4 Å². The van der Waals surface area contributed by atoms with E-state index >= 15 is 0 Å². The zero-order chi connectivity index (χ0) is 24.6. The highest BCUT2D eigenvalue weighted by Gasteiger charge is 2.20. The lowest BCUT2D eigenvalue weighted by molar-refractivity contribution is -0.119. The molecule has 0 saturated carbocycles. The number of ether oxygens (including phenoxy) is 2. The van der Waals surface area contributed by atoms with Gasteiger partial charge in [0.25, 0.3) is 0 Å². The van der Waals surface area contributed by atoms with Gasteiger partial charge in [0.1, 0.15) is 23.3 Å². The van der Waals surface area contributed by atoms with Crippen LogP contribution in [-0.4, -0.2) is 32.1 Å². The first-order chi connectivity index (χ1) is 15.0. The molecule has 0 aliphatic carbocycles. The van der Waals surface area contributed by atoms with E-state index in [0.29, 0.717) is 0 Å². The number of amides is 1.